The Labute approximate surface area is 81.1 Å². The molecule has 0 aliphatic heterocycles. The molecule has 0 aromatic rings. The molecule has 0 aliphatic rings. The third kappa shape index (κ3) is 4.32. The summed E-state index contributed by atoms with van der Waals surface area (Å²) in [4.78, 5) is 0. The number of allylic oxidation sites excluding steroid dienone is 6. The van der Waals surface area contributed by atoms with Gasteiger partial charge < -0.3 is 0 Å². The zero-order valence-electron chi connectivity index (χ0n) is 8.89. The minimum atomic E-state index is 0.711. The normalized spacial score (nSPS) is 14.2. The van der Waals surface area contributed by atoms with Crippen molar-refractivity contribution < 1.29 is 0 Å². The van der Waals surface area contributed by atoms with Gasteiger partial charge in [-0.05, 0) is 33.3 Å². The van der Waals surface area contributed by atoms with E-state index in [0.717, 1.165) is 6.42 Å². The van der Waals surface area contributed by atoms with Gasteiger partial charge >= 0.3 is 0 Å². The van der Waals surface area contributed by atoms with Gasteiger partial charge in [-0.2, -0.15) is 5.26 Å². The average Bonchev–Trinajstić information content (AvgIpc) is 2.17. The molecule has 0 fully saturated rings. The molecule has 0 radical (unpaired) electrons. The van der Waals surface area contributed by atoms with E-state index in [1.807, 2.05) is 25.2 Å². The van der Waals surface area contributed by atoms with E-state index in [0.29, 0.717) is 5.57 Å². The maximum absolute atomic E-state index is 8.65. The van der Waals surface area contributed by atoms with Crippen molar-refractivity contribution >= 4 is 0 Å². The van der Waals surface area contributed by atoms with Crippen LogP contribution in [0.3, 0.4) is 0 Å². The molecule has 0 saturated carbocycles. The first kappa shape index (κ1) is 11.7. The Morgan fingerprint density at radius 2 is 1.92 bits per heavy atom. The van der Waals surface area contributed by atoms with E-state index in [-0.39, 0.29) is 0 Å². The molecule has 0 aromatic carbocycles. The summed E-state index contributed by atoms with van der Waals surface area (Å²) >= 11 is 0. The van der Waals surface area contributed by atoms with Gasteiger partial charge in [-0.1, -0.05) is 30.2 Å². The molecule has 0 bridgehead atoms. The van der Waals surface area contributed by atoms with Gasteiger partial charge in [0.25, 0.3) is 0 Å². The van der Waals surface area contributed by atoms with E-state index >= 15 is 0 Å². The van der Waals surface area contributed by atoms with Gasteiger partial charge in [-0.25, -0.2) is 0 Å². The number of nitriles is 1. The molecular formula is C12H17N. The average molecular weight is 175 g/mol. The lowest BCUT2D eigenvalue weighted by Crippen LogP contribution is -1.78. The smallest absolute Gasteiger partial charge is 0.0988 e. The highest BCUT2D eigenvalue weighted by atomic mass is 14.2. The largest absolute Gasteiger partial charge is 0.192 e. The Bertz CT molecular complexity index is 285. The van der Waals surface area contributed by atoms with Crippen LogP contribution < -0.4 is 0 Å². The molecule has 0 aromatic heterocycles. The molecule has 1 heteroatoms. The summed E-state index contributed by atoms with van der Waals surface area (Å²) in [5, 5.41) is 8.65. The first-order chi connectivity index (χ1) is 6.15. The molecule has 70 valence electrons. The molecule has 0 atom stereocenters. The summed E-state index contributed by atoms with van der Waals surface area (Å²) in [5.74, 6) is 0. The van der Waals surface area contributed by atoms with Gasteiger partial charge in [-0.15, -0.1) is 0 Å². The maximum atomic E-state index is 8.65. The van der Waals surface area contributed by atoms with Crippen molar-refractivity contribution in [1.82, 2.24) is 0 Å². The Kier molecular flexibility index (Phi) is 5.63. The van der Waals surface area contributed by atoms with Crippen LogP contribution in [0.2, 0.25) is 0 Å². The van der Waals surface area contributed by atoms with Gasteiger partial charge in [0.1, 0.15) is 0 Å². The fourth-order valence-corrected chi connectivity index (χ4v) is 0.834. The van der Waals surface area contributed by atoms with Crippen LogP contribution in [0.15, 0.2) is 34.9 Å². The van der Waals surface area contributed by atoms with E-state index in [9.17, 15) is 0 Å². The molecule has 0 heterocycles. The quantitative estimate of drug-likeness (QED) is 0.473. The lowest BCUT2D eigenvalue weighted by molar-refractivity contribution is 1.07. The zero-order chi connectivity index (χ0) is 10.3. The molecule has 1 nitrogen and oxygen atoms in total. The predicted octanol–water partition coefficient (Wildman–Crippen LogP) is 3.76. The van der Waals surface area contributed by atoms with Crippen molar-refractivity contribution in [2.75, 3.05) is 0 Å². The monoisotopic (exact) mass is 175 g/mol. The number of rotatable bonds is 3. The fraction of sp³-hybridized carbons (Fsp3) is 0.417. The molecule has 0 aliphatic carbocycles. The van der Waals surface area contributed by atoms with Crippen LogP contribution >= 0.6 is 0 Å². The summed E-state index contributed by atoms with van der Waals surface area (Å²) in [7, 11) is 0. The minimum absolute atomic E-state index is 0.711. The second-order valence-corrected chi connectivity index (χ2v) is 3.01. The third-order valence-electron chi connectivity index (χ3n) is 2.16. The van der Waals surface area contributed by atoms with Crippen molar-refractivity contribution in [3.05, 3.63) is 34.9 Å². The molecule has 0 amide bonds. The van der Waals surface area contributed by atoms with Crippen molar-refractivity contribution in [2.24, 2.45) is 0 Å². The lowest BCUT2D eigenvalue weighted by Gasteiger charge is -1.98. The fourth-order valence-electron chi connectivity index (χ4n) is 0.834. The molecule has 0 saturated heterocycles. The van der Waals surface area contributed by atoms with Crippen molar-refractivity contribution in [3.63, 3.8) is 0 Å². The first-order valence-corrected chi connectivity index (χ1v) is 4.56. The minimum Gasteiger partial charge on any atom is -0.192 e. The summed E-state index contributed by atoms with van der Waals surface area (Å²) in [6.45, 7) is 8.18. The standard InChI is InChI=1S/C12H17N/c1-5-10(3)11(4)7-8-12(6-2)9-13/h6-8H,5H2,1-4H3/b8-7-,11-10?,12-6+. The van der Waals surface area contributed by atoms with E-state index in [4.69, 9.17) is 5.26 Å². The lowest BCUT2D eigenvalue weighted by atomic mass is 10.1. The third-order valence-corrected chi connectivity index (χ3v) is 2.16. The highest BCUT2D eigenvalue weighted by molar-refractivity contribution is 5.36. The molecule has 0 N–H and O–H groups in total. The zero-order valence-corrected chi connectivity index (χ0v) is 8.89. The van der Waals surface area contributed by atoms with Crippen LogP contribution in [0, 0.1) is 11.3 Å². The molecule has 13 heavy (non-hydrogen) atoms. The number of nitrogens with zero attached hydrogens (tertiary/aromatic N) is 1. The number of hydrogen-bond acceptors (Lipinski definition) is 1. The predicted molar refractivity (Wildman–Crippen MR) is 57.2 cm³/mol. The van der Waals surface area contributed by atoms with Crippen LogP contribution in [0.25, 0.3) is 0 Å². The molecule has 0 unspecified atom stereocenters. The van der Waals surface area contributed by atoms with Crippen LogP contribution in [-0.2, 0) is 0 Å². The van der Waals surface area contributed by atoms with E-state index in [2.05, 4.69) is 26.8 Å². The summed E-state index contributed by atoms with van der Waals surface area (Å²) in [6, 6.07) is 2.12. The van der Waals surface area contributed by atoms with E-state index in [1.54, 1.807) is 0 Å². The summed E-state index contributed by atoms with van der Waals surface area (Å²) in [5.41, 5.74) is 3.32. The van der Waals surface area contributed by atoms with E-state index in [1.165, 1.54) is 11.1 Å². The molecule has 0 spiro atoms. The van der Waals surface area contributed by atoms with Gasteiger partial charge in [-0.3, -0.25) is 0 Å². The van der Waals surface area contributed by atoms with Crippen molar-refractivity contribution in [2.45, 2.75) is 34.1 Å². The second-order valence-electron chi connectivity index (χ2n) is 3.01. The topological polar surface area (TPSA) is 23.8 Å². The maximum Gasteiger partial charge on any atom is 0.0988 e. The van der Waals surface area contributed by atoms with Gasteiger partial charge in [0, 0.05) is 5.57 Å². The van der Waals surface area contributed by atoms with Gasteiger partial charge in [0.2, 0.25) is 0 Å². The van der Waals surface area contributed by atoms with Crippen LogP contribution in [-0.4, -0.2) is 0 Å². The van der Waals surface area contributed by atoms with Crippen molar-refractivity contribution in [3.8, 4) is 6.07 Å². The highest BCUT2D eigenvalue weighted by Crippen LogP contribution is 2.09. The Morgan fingerprint density at radius 3 is 2.31 bits per heavy atom. The highest BCUT2D eigenvalue weighted by Gasteiger charge is 1.90. The molecular weight excluding hydrogens is 158 g/mol. The summed E-state index contributed by atoms with van der Waals surface area (Å²) in [6.07, 6.45) is 6.73. The number of hydrogen-bond donors (Lipinski definition) is 0. The molecule has 0 rings (SSSR count). The van der Waals surface area contributed by atoms with Crippen LogP contribution in [0.5, 0.6) is 0 Å². The van der Waals surface area contributed by atoms with Crippen LogP contribution in [0.1, 0.15) is 34.1 Å². The second kappa shape index (κ2) is 6.25. The van der Waals surface area contributed by atoms with Gasteiger partial charge in [0.05, 0.1) is 6.07 Å². The van der Waals surface area contributed by atoms with Gasteiger partial charge in [0.15, 0.2) is 0 Å². The Hall–Kier alpha value is -1.29. The van der Waals surface area contributed by atoms with Crippen molar-refractivity contribution in [1.29, 1.82) is 5.26 Å². The Balaban J connectivity index is 4.55. The summed E-state index contributed by atoms with van der Waals surface area (Å²) < 4.78 is 0. The van der Waals surface area contributed by atoms with Crippen LogP contribution in [0.4, 0.5) is 0 Å². The first-order valence-electron chi connectivity index (χ1n) is 4.56. The Morgan fingerprint density at radius 1 is 1.31 bits per heavy atom. The SMILES string of the molecule is C/C=C(C#N)\C=C/C(C)=C(C)CC. The van der Waals surface area contributed by atoms with E-state index < -0.39 is 0 Å².